The summed E-state index contributed by atoms with van der Waals surface area (Å²) in [7, 11) is 1.34. The summed E-state index contributed by atoms with van der Waals surface area (Å²) in [6.07, 6.45) is 1.63. The highest BCUT2D eigenvalue weighted by molar-refractivity contribution is 7.17. The second kappa shape index (κ2) is 6.10. The summed E-state index contributed by atoms with van der Waals surface area (Å²) in [6.45, 7) is 0. The third kappa shape index (κ3) is 2.68. The van der Waals surface area contributed by atoms with Crippen LogP contribution in [-0.2, 0) is 9.53 Å². The standard InChI is InChI=1S/C18H13N3O3S/c1-24-18(23)10-2-4-11(5-3-10)19-8-12-15-13(21-17(12)22)6-7-14-16(15)25-9-20-14/h2-9,12H,1H3,(H,21,22). The molecular formula is C18H13N3O3S. The summed E-state index contributed by atoms with van der Waals surface area (Å²) in [4.78, 5) is 32.5. The first-order chi connectivity index (χ1) is 12.2. The molecule has 25 heavy (non-hydrogen) atoms. The molecule has 1 atom stereocenters. The number of nitrogens with one attached hydrogen (secondary N) is 1. The van der Waals surface area contributed by atoms with Crippen LogP contribution in [0.25, 0.3) is 10.2 Å². The van der Waals surface area contributed by atoms with Gasteiger partial charge < -0.3 is 10.1 Å². The fourth-order valence-corrected chi connectivity index (χ4v) is 3.69. The second-order valence-electron chi connectivity index (χ2n) is 5.51. The number of carbonyl (C=O) groups is 2. The molecule has 1 aliphatic heterocycles. The fourth-order valence-electron chi connectivity index (χ4n) is 2.81. The lowest BCUT2D eigenvalue weighted by molar-refractivity contribution is -0.115. The van der Waals surface area contributed by atoms with Crippen molar-refractivity contribution in [1.29, 1.82) is 0 Å². The van der Waals surface area contributed by atoms with Crippen LogP contribution in [-0.4, -0.2) is 30.2 Å². The molecule has 0 saturated heterocycles. The molecule has 0 bridgehead atoms. The van der Waals surface area contributed by atoms with E-state index in [1.165, 1.54) is 18.4 Å². The molecule has 3 aromatic rings. The van der Waals surface area contributed by atoms with Gasteiger partial charge >= 0.3 is 5.97 Å². The Hall–Kier alpha value is -3.06. The van der Waals surface area contributed by atoms with Crippen LogP contribution in [0.15, 0.2) is 46.9 Å². The molecule has 6 nitrogen and oxygen atoms in total. The molecule has 0 fully saturated rings. The maximum atomic E-state index is 12.3. The van der Waals surface area contributed by atoms with Crippen molar-refractivity contribution in [3.8, 4) is 0 Å². The largest absolute Gasteiger partial charge is 0.465 e. The van der Waals surface area contributed by atoms with Gasteiger partial charge in [-0.1, -0.05) is 0 Å². The number of nitrogens with zero attached hydrogens (tertiary/aromatic N) is 2. The van der Waals surface area contributed by atoms with E-state index in [0.29, 0.717) is 11.3 Å². The predicted molar refractivity (Wildman–Crippen MR) is 96.9 cm³/mol. The number of carbonyl (C=O) groups excluding carboxylic acids is 2. The lowest BCUT2D eigenvalue weighted by atomic mass is 10.0. The second-order valence-corrected chi connectivity index (χ2v) is 6.37. The van der Waals surface area contributed by atoms with E-state index in [-0.39, 0.29) is 5.91 Å². The molecule has 2 aromatic carbocycles. The van der Waals surface area contributed by atoms with Gasteiger partial charge in [0.25, 0.3) is 0 Å². The Morgan fingerprint density at radius 1 is 1.28 bits per heavy atom. The smallest absolute Gasteiger partial charge is 0.337 e. The van der Waals surface area contributed by atoms with Gasteiger partial charge in [-0.25, -0.2) is 9.78 Å². The summed E-state index contributed by atoms with van der Waals surface area (Å²) in [5.41, 5.74) is 5.48. The van der Waals surface area contributed by atoms with Gasteiger partial charge in [0.1, 0.15) is 5.92 Å². The van der Waals surface area contributed by atoms with E-state index in [2.05, 4.69) is 20.0 Å². The Labute approximate surface area is 147 Å². The normalized spacial score (nSPS) is 16.2. The van der Waals surface area contributed by atoms with Gasteiger partial charge in [0, 0.05) is 17.5 Å². The first kappa shape index (κ1) is 15.5. The molecule has 124 valence electrons. The van der Waals surface area contributed by atoms with E-state index in [1.54, 1.807) is 36.0 Å². The maximum Gasteiger partial charge on any atom is 0.337 e. The van der Waals surface area contributed by atoms with Gasteiger partial charge in [-0.05, 0) is 36.4 Å². The van der Waals surface area contributed by atoms with Crippen LogP contribution >= 0.6 is 11.3 Å². The number of fused-ring (bicyclic) bond motifs is 3. The van der Waals surface area contributed by atoms with Crippen LogP contribution in [0.3, 0.4) is 0 Å². The number of amides is 1. The third-order valence-electron chi connectivity index (χ3n) is 4.05. The number of benzene rings is 2. The summed E-state index contributed by atoms with van der Waals surface area (Å²) in [5, 5.41) is 2.88. The topological polar surface area (TPSA) is 80.6 Å². The third-order valence-corrected chi connectivity index (χ3v) is 4.93. The fraction of sp³-hybridized carbons (Fsp3) is 0.111. The monoisotopic (exact) mass is 351 g/mol. The zero-order valence-corrected chi connectivity index (χ0v) is 14.0. The molecular weight excluding hydrogens is 338 g/mol. The number of anilines is 1. The highest BCUT2D eigenvalue weighted by Gasteiger charge is 2.31. The maximum absolute atomic E-state index is 12.3. The van der Waals surface area contributed by atoms with Crippen LogP contribution in [0.1, 0.15) is 21.8 Å². The number of hydrogen-bond acceptors (Lipinski definition) is 6. The SMILES string of the molecule is COC(=O)c1ccc(N=CC2C(=O)Nc3ccc4ncsc4c32)cc1. The van der Waals surface area contributed by atoms with Crippen molar-refractivity contribution < 1.29 is 14.3 Å². The quantitative estimate of drug-likeness (QED) is 0.578. The zero-order valence-electron chi connectivity index (χ0n) is 13.2. The Morgan fingerprint density at radius 2 is 2.08 bits per heavy atom. The van der Waals surface area contributed by atoms with Crippen molar-refractivity contribution in [1.82, 2.24) is 4.98 Å². The van der Waals surface area contributed by atoms with Crippen LogP contribution in [0.5, 0.6) is 0 Å². The molecule has 7 heteroatoms. The number of thiazole rings is 1. The molecule has 1 amide bonds. The van der Waals surface area contributed by atoms with Crippen molar-refractivity contribution in [2.45, 2.75) is 5.92 Å². The summed E-state index contributed by atoms with van der Waals surface area (Å²) in [6, 6.07) is 10.5. The molecule has 0 radical (unpaired) electrons. The molecule has 4 rings (SSSR count). The molecule has 2 heterocycles. The van der Waals surface area contributed by atoms with Crippen molar-refractivity contribution in [3.63, 3.8) is 0 Å². The molecule has 1 N–H and O–H groups in total. The molecule has 1 unspecified atom stereocenters. The Bertz CT molecular complexity index is 1010. The Morgan fingerprint density at radius 3 is 2.84 bits per heavy atom. The van der Waals surface area contributed by atoms with Gasteiger partial charge in [0.05, 0.1) is 34.1 Å². The number of hydrogen-bond donors (Lipinski definition) is 1. The minimum atomic E-state index is -0.459. The molecule has 0 saturated carbocycles. The number of esters is 1. The number of rotatable bonds is 3. The first-order valence-electron chi connectivity index (χ1n) is 7.57. The van der Waals surface area contributed by atoms with Gasteiger partial charge in [0.15, 0.2) is 0 Å². The summed E-state index contributed by atoms with van der Waals surface area (Å²) in [5.74, 6) is -0.961. The zero-order chi connectivity index (χ0) is 17.4. The minimum Gasteiger partial charge on any atom is -0.465 e. The summed E-state index contributed by atoms with van der Waals surface area (Å²) >= 11 is 1.51. The van der Waals surface area contributed by atoms with Gasteiger partial charge in [-0.3, -0.25) is 9.79 Å². The van der Waals surface area contributed by atoms with Crippen molar-refractivity contribution in [2.24, 2.45) is 4.99 Å². The van der Waals surface area contributed by atoms with E-state index in [4.69, 9.17) is 0 Å². The van der Waals surface area contributed by atoms with Crippen LogP contribution in [0, 0.1) is 0 Å². The average molecular weight is 351 g/mol. The first-order valence-corrected chi connectivity index (χ1v) is 8.45. The van der Waals surface area contributed by atoms with Gasteiger partial charge in [-0.2, -0.15) is 0 Å². The average Bonchev–Trinajstić information content (AvgIpc) is 3.23. The molecule has 1 aromatic heterocycles. The van der Waals surface area contributed by atoms with E-state index in [9.17, 15) is 9.59 Å². The minimum absolute atomic E-state index is 0.106. The lowest BCUT2D eigenvalue weighted by Gasteiger charge is -2.04. The van der Waals surface area contributed by atoms with E-state index < -0.39 is 11.9 Å². The van der Waals surface area contributed by atoms with E-state index >= 15 is 0 Å². The Balaban J connectivity index is 1.65. The molecule has 1 aliphatic rings. The summed E-state index contributed by atoms with van der Waals surface area (Å²) < 4.78 is 5.66. The molecule has 0 aliphatic carbocycles. The van der Waals surface area contributed by atoms with Gasteiger partial charge in [-0.15, -0.1) is 11.3 Å². The van der Waals surface area contributed by atoms with Crippen molar-refractivity contribution in [3.05, 3.63) is 53.0 Å². The van der Waals surface area contributed by atoms with Crippen molar-refractivity contribution >= 4 is 51.0 Å². The Kier molecular flexibility index (Phi) is 3.77. The number of aliphatic imine (C=N–C) groups is 1. The predicted octanol–water partition coefficient (Wildman–Crippen LogP) is 3.52. The number of methoxy groups -OCH3 is 1. The van der Waals surface area contributed by atoms with E-state index in [0.717, 1.165) is 21.5 Å². The lowest BCUT2D eigenvalue weighted by Crippen LogP contribution is -2.12. The van der Waals surface area contributed by atoms with E-state index in [1.807, 2.05) is 12.1 Å². The molecule has 0 spiro atoms. The van der Waals surface area contributed by atoms with Gasteiger partial charge in [0.2, 0.25) is 5.91 Å². The van der Waals surface area contributed by atoms with Crippen LogP contribution in [0.4, 0.5) is 11.4 Å². The van der Waals surface area contributed by atoms with Crippen LogP contribution < -0.4 is 5.32 Å². The highest BCUT2D eigenvalue weighted by atomic mass is 32.1. The highest BCUT2D eigenvalue weighted by Crippen LogP contribution is 2.39. The number of aromatic nitrogens is 1. The number of ether oxygens (including phenoxy) is 1. The van der Waals surface area contributed by atoms with Crippen LogP contribution in [0.2, 0.25) is 0 Å². The van der Waals surface area contributed by atoms with Crippen molar-refractivity contribution in [2.75, 3.05) is 12.4 Å².